The number of hydrogen-bond acceptors (Lipinski definition) is 6. The van der Waals surface area contributed by atoms with Gasteiger partial charge in [0.2, 0.25) is 5.91 Å². The van der Waals surface area contributed by atoms with Crippen molar-refractivity contribution in [3.8, 4) is 0 Å². The number of furan rings is 1. The Morgan fingerprint density at radius 3 is 2.58 bits per heavy atom. The van der Waals surface area contributed by atoms with Crippen LogP contribution in [0.1, 0.15) is 51.4 Å². The van der Waals surface area contributed by atoms with E-state index in [-0.39, 0.29) is 5.91 Å². The number of aromatic nitrogens is 1. The number of anilines is 1. The second kappa shape index (κ2) is 10.9. The summed E-state index contributed by atoms with van der Waals surface area (Å²) in [6.45, 7) is 6.96. The van der Waals surface area contributed by atoms with Crippen LogP contribution in [0.4, 0.5) is 5.82 Å². The second-order valence-electron chi connectivity index (χ2n) is 10.1. The highest BCUT2D eigenvalue weighted by atomic mass is 16.5. The largest absolute Gasteiger partial charge is 0.460 e. The van der Waals surface area contributed by atoms with Crippen LogP contribution >= 0.6 is 0 Å². The smallest absolute Gasteiger partial charge is 0.220 e. The Hall–Kier alpha value is -2.12. The first-order valence-corrected chi connectivity index (χ1v) is 12.9. The number of nitrogens with one attached hydrogen (secondary N) is 1. The maximum atomic E-state index is 12.4. The summed E-state index contributed by atoms with van der Waals surface area (Å²) in [6.07, 6.45) is 12.4. The van der Waals surface area contributed by atoms with E-state index in [9.17, 15) is 4.79 Å². The van der Waals surface area contributed by atoms with E-state index < -0.39 is 0 Å². The zero-order valence-electron chi connectivity index (χ0n) is 19.7. The Morgan fingerprint density at radius 2 is 1.79 bits per heavy atom. The summed E-state index contributed by atoms with van der Waals surface area (Å²) in [5.41, 5.74) is 0.905. The maximum Gasteiger partial charge on any atom is 0.220 e. The van der Waals surface area contributed by atoms with Gasteiger partial charge in [-0.25, -0.2) is 4.98 Å². The fourth-order valence-electron chi connectivity index (χ4n) is 5.75. The molecule has 1 N–H and O–H groups in total. The van der Waals surface area contributed by atoms with Crippen molar-refractivity contribution in [2.45, 2.75) is 57.4 Å². The number of hydrogen-bond donors (Lipinski definition) is 1. The zero-order valence-corrected chi connectivity index (χ0v) is 19.7. The van der Waals surface area contributed by atoms with Gasteiger partial charge in [0.25, 0.3) is 0 Å². The molecular weight excluding hydrogens is 416 g/mol. The lowest BCUT2D eigenvalue weighted by molar-refractivity contribution is -0.123. The molecule has 33 heavy (non-hydrogen) atoms. The van der Waals surface area contributed by atoms with E-state index in [1.165, 1.54) is 25.8 Å². The fraction of sp³-hybridized carbons (Fsp3) is 0.692. The van der Waals surface area contributed by atoms with Gasteiger partial charge in [0.1, 0.15) is 0 Å². The Bertz CT molecular complexity index is 894. The SMILES string of the molecule is O=C(CC1CCOCC1)NC1CCC(CCN2CCN(c3nccc4ccoc34)CC2)CC1. The molecule has 4 heterocycles. The Balaban J connectivity index is 0.989. The summed E-state index contributed by atoms with van der Waals surface area (Å²) in [5.74, 6) is 2.54. The number of fused-ring (bicyclic) bond motifs is 1. The number of piperazine rings is 1. The van der Waals surface area contributed by atoms with Crippen LogP contribution < -0.4 is 10.2 Å². The topological polar surface area (TPSA) is 70.8 Å². The molecule has 1 aliphatic carbocycles. The minimum Gasteiger partial charge on any atom is -0.460 e. The highest BCUT2D eigenvalue weighted by molar-refractivity contribution is 5.87. The summed E-state index contributed by atoms with van der Waals surface area (Å²) in [6, 6.07) is 4.39. The molecule has 1 saturated carbocycles. The van der Waals surface area contributed by atoms with Gasteiger partial charge >= 0.3 is 0 Å². The fourth-order valence-corrected chi connectivity index (χ4v) is 5.75. The van der Waals surface area contributed by atoms with Crippen molar-refractivity contribution in [3.05, 3.63) is 24.6 Å². The van der Waals surface area contributed by atoms with Crippen molar-refractivity contribution in [3.63, 3.8) is 0 Å². The molecule has 2 aliphatic heterocycles. The van der Waals surface area contributed by atoms with Crippen molar-refractivity contribution in [1.82, 2.24) is 15.2 Å². The molecule has 2 saturated heterocycles. The summed E-state index contributed by atoms with van der Waals surface area (Å²) < 4.78 is 11.1. The third-order valence-corrected chi connectivity index (χ3v) is 7.90. The van der Waals surface area contributed by atoms with Gasteiger partial charge in [-0.15, -0.1) is 0 Å². The van der Waals surface area contributed by atoms with Gasteiger partial charge in [0.15, 0.2) is 11.4 Å². The van der Waals surface area contributed by atoms with Gasteiger partial charge in [0, 0.05) is 63.4 Å². The van der Waals surface area contributed by atoms with E-state index in [0.29, 0.717) is 18.4 Å². The number of ether oxygens (including phenoxy) is 1. The highest BCUT2D eigenvalue weighted by Gasteiger charge is 2.26. The highest BCUT2D eigenvalue weighted by Crippen LogP contribution is 2.29. The molecule has 0 unspecified atom stereocenters. The molecule has 0 spiro atoms. The Labute approximate surface area is 196 Å². The third kappa shape index (κ3) is 5.87. The number of amides is 1. The van der Waals surface area contributed by atoms with Crippen LogP contribution in [-0.4, -0.2) is 67.8 Å². The minimum absolute atomic E-state index is 0.253. The minimum atomic E-state index is 0.253. The Kier molecular flexibility index (Phi) is 7.47. The summed E-state index contributed by atoms with van der Waals surface area (Å²) in [4.78, 5) is 21.9. The molecule has 0 radical (unpaired) electrons. The Morgan fingerprint density at radius 1 is 1.00 bits per heavy atom. The van der Waals surface area contributed by atoms with Crippen LogP contribution in [0.15, 0.2) is 29.0 Å². The van der Waals surface area contributed by atoms with Crippen molar-refractivity contribution in [2.75, 3.05) is 50.8 Å². The van der Waals surface area contributed by atoms with E-state index in [0.717, 1.165) is 87.8 Å². The molecule has 3 fully saturated rings. The van der Waals surface area contributed by atoms with Crippen LogP contribution in [0.2, 0.25) is 0 Å². The lowest BCUT2D eigenvalue weighted by atomic mass is 9.83. The predicted molar refractivity (Wildman–Crippen MR) is 129 cm³/mol. The number of pyridine rings is 1. The number of carbonyl (C=O) groups excluding carboxylic acids is 1. The molecule has 0 atom stereocenters. The molecule has 0 aromatic carbocycles. The quantitative estimate of drug-likeness (QED) is 0.686. The molecule has 7 heteroatoms. The van der Waals surface area contributed by atoms with Crippen LogP contribution in [0, 0.1) is 11.8 Å². The van der Waals surface area contributed by atoms with Gasteiger partial charge in [-0.3, -0.25) is 9.69 Å². The molecule has 1 amide bonds. The molecular formula is C26H38N4O3. The van der Waals surface area contributed by atoms with Crippen LogP contribution in [0.5, 0.6) is 0 Å². The molecule has 2 aromatic heterocycles. The standard InChI is InChI=1S/C26H38N4O3/c31-24(19-21-7-16-32-17-8-21)28-23-3-1-20(2-4-23)6-11-29-12-14-30(15-13-29)26-25-22(5-10-27-26)9-18-33-25/h5,9-10,18,20-21,23H,1-4,6-8,11-17,19H2,(H,28,31). The van der Waals surface area contributed by atoms with E-state index in [4.69, 9.17) is 9.15 Å². The van der Waals surface area contributed by atoms with Crippen molar-refractivity contribution < 1.29 is 13.9 Å². The van der Waals surface area contributed by atoms with Crippen molar-refractivity contribution in [2.24, 2.45) is 11.8 Å². The zero-order chi connectivity index (χ0) is 22.5. The van der Waals surface area contributed by atoms with E-state index in [1.54, 1.807) is 6.26 Å². The lowest BCUT2D eigenvalue weighted by Crippen LogP contribution is -2.47. The van der Waals surface area contributed by atoms with Gasteiger partial charge < -0.3 is 19.4 Å². The third-order valence-electron chi connectivity index (χ3n) is 7.90. The van der Waals surface area contributed by atoms with Gasteiger partial charge in [-0.2, -0.15) is 0 Å². The van der Waals surface area contributed by atoms with Crippen LogP contribution in [0.25, 0.3) is 11.0 Å². The second-order valence-corrected chi connectivity index (χ2v) is 10.1. The average Bonchev–Trinajstić information content (AvgIpc) is 3.34. The van der Waals surface area contributed by atoms with Crippen molar-refractivity contribution in [1.29, 1.82) is 0 Å². The summed E-state index contributed by atoms with van der Waals surface area (Å²) in [7, 11) is 0. The number of nitrogens with zero attached hydrogens (tertiary/aromatic N) is 3. The lowest BCUT2D eigenvalue weighted by Gasteiger charge is -2.36. The summed E-state index contributed by atoms with van der Waals surface area (Å²) in [5, 5.41) is 4.44. The predicted octanol–water partition coefficient (Wildman–Crippen LogP) is 3.83. The molecule has 0 bridgehead atoms. The molecule has 3 aliphatic rings. The molecule has 2 aromatic rings. The van der Waals surface area contributed by atoms with Crippen LogP contribution in [-0.2, 0) is 9.53 Å². The van der Waals surface area contributed by atoms with Crippen molar-refractivity contribution >= 4 is 22.7 Å². The number of carbonyl (C=O) groups is 1. The average molecular weight is 455 g/mol. The summed E-state index contributed by atoms with van der Waals surface area (Å²) >= 11 is 0. The maximum absolute atomic E-state index is 12.4. The molecule has 7 nitrogen and oxygen atoms in total. The van der Waals surface area contributed by atoms with Gasteiger partial charge in [-0.05, 0) is 75.5 Å². The van der Waals surface area contributed by atoms with E-state index >= 15 is 0 Å². The molecule has 180 valence electrons. The van der Waals surface area contributed by atoms with E-state index in [1.807, 2.05) is 18.3 Å². The first kappa shape index (κ1) is 22.7. The van der Waals surface area contributed by atoms with Gasteiger partial charge in [-0.1, -0.05) is 0 Å². The monoisotopic (exact) mass is 454 g/mol. The first-order valence-electron chi connectivity index (χ1n) is 12.9. The van der Waals surface area contributed by atoms with Crippen LogP contribution in [0.3, 0.4) is 0 Å². The normalized spacial score (nSPS) is 25.4. The first-order chi connectivity index (χ1) is 16.2. The van der Waals surface area contributed by atoms with E-state index in [2.05, 4.69) is 20.1 Å². The van der Waals surface area contributed by atoms with Gasteiger partial charge in [0.05, 0.1) is 6.26 Å². The number of rotatable bonds is 7. The molecule has 5 rings (SSSR count).